The Morgan fingerprint density at radius 3 is 2.82 bits per heavy atom. The van der Waals surface area contributed by atoms with Crippen LogP contribution in [0.15, 0.2) is 52.1 Å². The number of nitrogens with zero attached hydrogens (tertiary/aromatic N) is 2. The molecular weight excluding hydrogens is 378 g/mol. The smallest absolute Gasteiger partial charge is 0.277 e. The van der Waals surface area contributed by atoms with Crippen molar-refractivity contribution >= 4 is 23.4 Å². The first-order chi connectivity index (χ1) is 13.6. The normalized spacial score (nSPS) is 15.3. The molecule has 1 aliphatic heterocycles. The first kappa shape index (κ1) is 18.4. The number of carbonyl (C=O) groups is 1. The summed E-state index contributed by atoms with van der Waals surface area (Å²) < 4.78 is 17.1. The third-order valence-corrected chi connectivity index (χ3v) is 5.01. The molecule has 0 bridgehead atoms. The molecule has 1 atom stereocenters. The molecule has 0 aliphatic carbocycles. The Labute approximate surface area is 166 Å². The second kappa shape index (κ2) is 7.93. The molecule has 1 N–H and O–H groups in total. The van der Waals surface area contributed by atoms with E-state index in [1.165, 1.54) is 11.8 Å². The Morgan fingerprint density at radius 1 is 1.18 bits per heavy atom. The monoisotopic (exact) mass is 397 g/mol. The van der Waals surface area contributed by atoms with Gasteiger partial charge >= 0.3 is 0 Å². The highest BCUT2D eigenvalue weighted by atomic mass is 32.2. The van der Waals surface area contributed by atoms with Crippen LogP contribution in [0.3, 0.4) is 0 Å². The van der Waals surface area contributed by atoms with Gasteiger partial charge in [-0.2, -0.15) is 0 Å². The Hall–Kier alpha value is -3.00. The third kappa shape index (κ3) is 4.12. The van der Waals surface area contributed by atoms with Gasteiger partial charge in [0.1, 0.15) is 6.61 Å². The van der Waals surface area contributed by atoms with E-state index in [4.69, 9.17) is 13.9 Å². The van der Waals surface area contributed by atoms with Gasteiger partial charge in [0.05, 0.1) is 5.75 Å². The van der Waals surface area contributed by atoms with E-state index in [2.05, 4.69) is 15.5 Å². The summed E-state index contributed by atoms with van der Waals surface area (Å²) in [6.45, 7) is 4.27. The molecule has 0 saturated carbocycles. The lowest BCUT2D eigenvalue weighted by molar-refractivity contribution is -0.113. The fourth-order valence-corrected chi connectivity index (χ4v) is 3.39. The van der Waals surface area contributed by atoms with E-state index in [1.807, 2.05) is 56.3 Å². The molecule has 0 fully saturated rings. The van der Waals surface area contributed by atoms with E-state index in [0.29, 0.717) is 22.6 Å². The van der Waals surface area contributed by atoms with E-state index in [9.17, 15) is 4.79 Å². The summed E-state index contributed by atoms with van der Waals surface area (Å²) in [5.41, 5.74) is 2.97. The number of ether oxygens (including phenoxy) is 2. The summed E-state index contributed by atoms with van der Waals surface area (Å²) >= 11 is 1.18. The number of aryl methyl sites for hydroxylation is 2. The molecule has 3 aromatic rings. The number of hydrogen-bond donors (Lipinski definition) is 1. The SMILES string of the molecule is Cc1ccc(NC(=O)CSc2nnc([C@@H]3COc4ccccc4O3)o2)c(C)c1. The van der Waals surface area contributed by atoms with Gasteiger partial charge in [0.15, 0.2) is 11.5 Å². The van der Waals surface area contributed by atoms with Crippen molar-refractivity contribution in [1.29, 1.82) is 0 Å². The maximum atomic E-state index is 12.2. The molecule has 7 nitrogen and oxygen atoms in total. The van der Waals surface area contributed by atoms with Gasteiger partial charge < -0.3 is 19.2 Å². The van der Waals surface area contributed by atoms with Crippen molar-refractivity contribution in [2.45, 2.75) is 25.2 Å². The standard InChI is InChI=1S/C20H19N3O4S/c1-12-7-8-14(13(2)9-12)21-18(24)11-28-20-23-22-19(27-20)17-10-25-15-5-3-4-6-16(15)26-17/h3-9,17H,10-11H2,1-2H3,(H,21,24)/t17-/m0/s1. The molecule has 0 spiro atoms. The molecule has 8 heteroatoms. The number of nitrogens with one attached hydrogen (secondary N) is 1. The van der Waals surface area contributed by atoms with Crippen LogP contribution >= 0.6 is 11.8 Å². The van der Waals surface area contributed by atoms with E-state index in [0.717, 1.165) is 16.8 Å². The van der Waals surface area contributed by atoms with Crippen LogP contribution in [0.25, 0.3) is 0 Å². The van der Waals surface area contributed by atoms with Crippen LogP contribution in [0.4, 0.5) is 5.69 Å². The predicted molar refractivity (Wildman–Crippen MR) is 105 cm³/mol. The zero-order chi connectivity index (χ0) is 19.5. The molecule has 4 rings (SSSR count). The van der Waals surface area contributed by atoms with Gasteiger partial charge in [0.2, 0.25) is 12.0 Å². The molecule has 1 aromatic heterocycles. The number of benzene rings is 2. The van der Waals surface area contributed by atoms with Crippen molar-refractivity contribution in [2.75, 3.05) is 17.7 Å². The van der Waals surface area contributed by atoms with Crippen molar-refractivity contribution in [2.24, 2.45) is 0 Å². The minimum absolute atomic E-state index is 0.136. The predicted octanol–water partition coefficient (Wildman–Crippen LogP) is 3.93. The van der Waals surface area contributed by atoms with E-state index in [-0.39, 0.29) is 18.3 Å². The van der Waals surface area contributed by atoms with Gasteiger partial charge in [-0.25, -0.2) is 0 Å². The number of rotatable bonds is 5. The Balaban J connectivity index is 1.33. The lowest BCUT2D eigenvalue weighted by Gasteiger charge is -2.23. The zero-order valence-corrected chi connectivity index (χ0v) is 16.3. The molecule has 1 aliphatic rings. The van der Waals surface area contributed by atoms with Crippen LogP contribution in [0.5, 0.6) is 11.5 Å². The van der Waals surface area contributed by atoms with Crippen molar-refractivity contribution in [3.8, 4) is 11.5 Å². The highest BCUT2D eigenvalue weighted by molar-refractivity contribution is 7.99. The fraction of sp³-hybridized carbons (Fsp3) is 0.250. The summed E-state index contributed by atoms with van der Waals surface area (Å²) in [6, 6.07) is 13.3. The van der Waals surface area contributed by atoms with Crippen molar-refractivity contribution in [1.82, 2.24) is 10.2 Å². The highest BCUT2D eigenvalue weighted by Crippen LogP contribution is 2.35. The quantitative estimate of drug-likeness (QED) is 0.653. The fourth-order valence-electron chi connectivity index (χ4n) is 2.82. The van der Waals surface area contributed by atoms with Gasteiger partial charge in [-0.1, -0.05) is 41.6 Å². The third-order valence-electron chi connectivity index (χ3n) is 4.19. The molecule has 144 valence electrons. The lowest BCUT2D eigenvalue weighted by Crippen LogP contribution is -2.21. The van der Waals surface area contributed by atoms with Crippen molar-refractivity contribution in [3.63, 3.8) is 0 Å². The molecule has 1 amide bonds. The number of aromatic nitrogens is 2. The number of fused-ring (bicyclic) bond motifs is 1. The van der Waals surface area contributed by atoms with Crippen molar-refractivity contribution in [3.05, 3.63) is 59.5 Å². The van der Waals surface area contributed by atoms with Crippen molar-refractivity contribution < 1.29 is 18.7 Å². The Kier molecular flexibility index (Phi) is 5.21. The first-order valence-electron chi connectivity index (χ1n) is 8.80. The van der Waals surface area contributed by atoms with Crippen LogP contribution in [0, 0.1) is 13.8 Å². The highest BCUT2D eigenvalue weighted by Gasteiger charge is 2.27. The van der Waals surface area contributed by atoms with Gasteiger partial charge in [-0.15, -0.1) is 10.2 Å². The maximum Gasteiger partial charge on any atom is 0.277 e. The van der Waals surface area contributed by atoms with Crippen LogP contribution in [0.2, 0.25) is 0 Å². The summed E-state index contributed by atoms with van der Waals surface area (Å²) in [5, 5.41) is 11.2. The van der Waals surface area contributed by atoms with Crippen LogP contribution in [0.1, 0.15) is 23.1 Å². The molecule has 2 aromatic carbocycles. The van der Waals surface area contributed by atoms with Gasteiger partial charge in [0, 0.05) is 5.69 Å². The van der Waals surface area contributed by atoms with E-state index >= 15 is 0 Å². The zero-order valence-electron chi connectivity index (χ0n) is 15.5. The number of para-hydroxylation sites is 2. The maximum absolute atomic E-state index is 12.2. The van der Waals surface area contributed by atoms with Gasteiger partial charge in [-0.3, -0.25) is 4.79 Å². The summed E-state index contributed by atoms with van der Waals surface area (Å²) in [4.78, 5) is 12.2. The van der Waals surface area contributed by atoms with Crippen LogP contribution in [-0.4, -0.2) is 28.5 Å². The Bertz CT molecular complexity index is 1000. The van der Waals surface area contributed by atoms with Gasteiger partial charge in [-0.05, 0) is 37.6 Å². The van der Waals surface area contributed by atoms with E-state index < -0.39 is 6.10 Å². The first-order valence-corrected chi connectivity index (χ1v) is 9.79. The average Bonchev–Trinajstić information content (AvgIpc) is 3.17. The van der Waals surface area contributed by atoms with Crippen LogP contribution < -0.4 is 14.8 Å². The number of thioether (sulfide) groups is 1. The molecule has 28 heavy (non-hydrogen) atoms. The number of carbonyl (C=O) groups excluding carboxylic acids is 1. The minimum Gasteiger partial charge on any atom is -0.485 e. The second-order valence-electron chi connectivity index (χ2n) is 6.43. The molecule has 0 saturated heterocycles. The van der Waals surface area contributed by atoms with Gasteiger partial charge in [0.25, 0.3) is 11.1 Å². The average molecular weight is 397 g/mol. The van der Waals surface area contributed by atoms with Crippen LogP contribution in [-0.2, 0) is 4.79 Å². The number of anilines is 1. The second-order valence-corrected chi connectivity index (χ2v) is 7.35. The molecular formula is C20H19N3O4S. The molecule has 0 unspecified atom stereocenters. The Morgan fingerprint density at radius 2 is 2.00 bits per heavy atom. The minimum atomic E-state index is -0.471. The largest absolute Gasteiger partial charge is 0.485 e. The molecule has 2 heterocycles. The summed E-state index contributed by atoms with van der Waals surface area (Å²) in [5.74, 6) is 1.68. The number of amides is 1. The summed E-state index contributed by atoms with van der Waals surface area (Å²) in [7, 11) is 0. The number of hydrogen-bond acceptors (Lipinski definition) is 7. The summed E-state index contributed by atoms with van der Waals surface area (Å²) in [6.07, 6.45) is -0.471. The topological polar surface area (TPSA) is 86.5 Å². The van der Waals surface area contributed by atoms with E-state index in [1.54, 1.807) is 0 Å². The lowest BCUT2D eigenvalue weighted by atomic mass is 10.1. The molecule has 0 radical (unpaired) electrons.